The summed E-state index contributed by atoms with van der Waals surface area (Å²) >= 11 is 0. The summed E-state index contributed by atoms with van der Waals surface area (Å²) in [6, 6.07) is 6.70. The molecule has 0 saturated carbocycles. The van der Waals surface area contributed by atoms with E-state index in [9.17, 15) is 8.42 Å². The Kier molecular flexibility index (Phi) is 3.88. The van der Waals surface area contributed by atoms with Crippen LogP contribution in [0.15, 0.2) is 30.3 Å². The van der Waals surface area contributed by atoms with Crippen molar-refractivity contribution in [3.8, 4) is 5.75 Å². The third-order valence-corrected chi connectivity index (χ3v) is 2.07. The van der Waals surface area contributed by atoms with E-state index >= 15 is 0 Å². The van der Waals surface area contributed by atoms with Crippen molar-refractivity contribution >= 4 is 16.2 Å². The maximum absolute atomic E-state index is 10.8. The van der Waals surface area contributed by atoms with Crippen molar-refractivity contribution in [3.05, 3.63) is 35.9 Å². The standard InChI is InChI=1S/C10H13NO3S/c1-15(12,13)14-10-6-4-9(5-7-10)3-2-8-11/h2-7H,8,11H2,1H3/b3-2+. The topological polar surface area (TPSA) is 69.4 Å². The van der Waals surface area contributed by atoms with E-state index in [0.29, 0.717) is 12.3 Å². The number of nitrogens with two attached hydrogens (primary N) is 1. The zero-order valence-electron chi connectivity index (χ0n) is 8.38. The van der Waals surface area contributed by atoms with Crippen molar-refractivity contribution in [2.75, 3.05) is 12.8 Å². The summed E-state index contributed by atoms with van der Waals surface area (Å²) in [6.07, 6.45) is 4.67. The second-order valence-electron chi connectivity index (χ2n) is 2.99. The van der Waals surface area contributed by atoms with Crippen LogP contribution in [0.1, 0.15) is 5.56 Å². The molecule has 0 saturated heterocycles. The molecular formula is C10H13NO3S. The van der Waals surface area contributed by atoms with Crippen LogP contribution in [0, 0.1) is 0 Å². The molecule has 1 aromatic carbocycles. The van der Waals surface area contributed by atoms with Gasteiger partial charge >= 0.3 is 10.1 Å². The first-order chi connectivity index (χ1) is 7.01. The van der Waals surface area contributed by atoms with Crippen LogP contribution < -0.4 is 9.92 Å². The average molecular weight is 227 g/mol. The molecule has 0 aliphatic carbocycles. The van der Waals surface area contributed by atoms with E-state index in [2.05, 4.69) is 4.18 Å². The molecule has 15 heavy (non-hydrogen) atoms. The molecule has 4 nitrogen and oxygen atoms in total. The van der Waals surface area contributed by atoms with Gasteiger partial charge in [-0.2, -0.15) is 8.42 Å². The van der Waals surface area contributed by atoms with Crippen molar-refractivity contribution in [3.63, 3.8) is 0 Å². The van der Waals surface area contributed by atoms with Crippen LogP contribution in [-0.2, 0) is 10.1 Å². The van der Waals surface area contributed by atoms with Gasteiger partial charge in [-0.1, -0.05) is 24.3 Å². The molecule has 0 amide bonds. The highest BCUT2D eigenvalue weighted by Crippen LogP contribution is 2.14. The van der Waals surface area contributed by atoms with E-state index in [1.54, 1.807) is 24.3 Å². The zero-order valence-corrected chi connectivity index (χ0v) is 9.20. The van der Waals surface area contributed by atoms with Gasteiger partial charge < -0.3 is 9.92 Å². The first-order valence-electron chi connectivity index (χ1n) is 4.37. The number of hydrogen-bond acceptors (Lipinski definition) is 4. The first kappa shape index (κ1) is 11.7. The zero-order chi connectivity index (χ0) is 11.3. The summed E-state index contributed by atoms with van der Waals surface area (Å²) in [5.41, 5.74) is 6.24. The van der Waals surface area contributed by atoms with Crippen LogP contribution in [0.2, 0.25) is 0 Å². The summed E-state index contributed by atoms with van der Waals surface area (Å²) in [4.78, 5) is 0. The van der Waals surface area contributed by atoms with Gasteiger partial charge in [0.05, 0.1) is 6.26 Å². The van der Waals surface area contributed by atoms with Crippen LogP contribution >= 0.6 is 0 Å². The molecule has 0 spiro atoms. The quantitative estimate of drug-likeness (QED) is 0.779. The summed E-state index contributed by atoms with van der Waals surface area (Å²) in [5, 5.41) is 0. The van der Waals surface area contributed by atoms with Gasteiger partial charge in [-0.25, -0.2) is 0 Å². The molecule has 0 fully saturated rings. The molecule has 0 aliphatic rings. The van der Waals surface area contributed by atoms with E-state index in [1.165, 1.54) is 0 Å². The Bertz CT molecular complexity index is 434. The average Bonchev–Trinajstić information content (AvgIpc) is 2.14. The largest absolute Gasteiger partial charge is 0.383 e. The monoisotopic (exact) mass is 227 g/mol. The van der Waals surface area contributed by atoms with Gasteiger partial charge in [0.25, 0.3) is 0 Å². The molecule has 0 bridgehead atoms. The minimum atomic E-state index is -3.44. The van der Waals surface area contributed by atoms with Crippen LogP contribution in [0.3, 0.4) is 0 Å². The van der Waals surface area contributed by atoms with Crippen LogP contribution in [0.25, 0.3) is 6.08 Å². The lowest BCUT2D eigenvalue weighted by atomic mass is 10.2. The molecule has 5 heteroatoms. The highest BCUT2D eigenvalue weighted by Gasteiger charge is 2.02. The van der Waals surface area contributed by atoms with Crippen molar-refractivity contribution in [1.82, 2.24) is 0 Å². The predicted molar refractivity (Wildman–Crippen MR) is 60.0 cm³/mol. The molecule has 0 radical (unpaired) electrons. The van der Waals surface area contributed by atoms with E-state index in [1.807, 2.05) is 12.2 Å². The highest BCUT2D eigenvalue weighted by molar-refractivity contribution is 7.86. The van der Waals surface area contributed by atoms with Gasteiger partial charge in [-0.15, -0.1) is 0 Å². The van der Waals surface area contributed by atoms with E-state index in [-0.39, 0.29) is 0 Å². The molecule has 0 atom stereocenters. The van der Waals surface area contributed by atoms with Crippen LogP contribution in [0.4, 0.5) is 0 Å². The Hall–Kier alpha value is -1.33. The van der Waals surface area contributed by atoms with Gasteiger partial charge in [0.2, 0.25) is 0 Å². The Labute approximate surface area is 89.5 Å². The summed E-state index contributed by atoms with van der Waals surface area (Å²) in [7, 11) is -3.44. The van der Waals surface area contributed by atoms with Crippen LogP contribution in [-0.4, -0.2) is 21.2 Å². The number of rotatable bonds is 4. The number of hydrogen-bond donors (Lipinski definition) is 1. The van der Waals surface area contributed by atoms with Gasteiger partial charge in [0.15, 0.2) is 0 Å². The lowest BCUT2D eigenvalue weighted by molar-refractivity contribution is 0.493. The maximum atomic E-state index is 10.8. The van der Waals surface area contributed by atoms with Crippen molar-refractivity contribution < 1.29 is 12.6 Å². The molecule has 2 N–H and O–H groups in total. The van der Waals surface area contributed by atoms with Crippen LogP contribution in [0.5, 0.6) is 5.75 Å². The Morgan fingerprint density at radius 1 is 1.33 bits per heavy atom. The third kappa shape index (κ3) is 4.62. The normalized spacial score (nSPS) is 11.9. The minimum absolute atomic E-state index is 0.308. The Balaban J connectivity index is 2.77. The summed E-state index contributed by atoms with van der Waals surface area (Å²) in [6.45, 7) is 0.474. The van der Waals surface area contributed by atoms with Crippen molar-refractivity contribution in [2.45, 2.75) is 0 Å². The number of benzene rings is 1. The fraction of sp³-hybridized carbons (Fsp3) is 0.200. The Morgan fingerprint density at radius 2 is 1.93 bits per heavy atom. The molecule has 0 aliphatic heterocycles. The molecule has 0 aromatic heterocycles. The van der Waals surface area contributed by atoms with Gasteiger partial charge in [-0.05, 0) is 17.7 Å². The molecule has 0 heterocycles. The fourth-order valence-corrected chi connectivity index (χ4v) is 1.47. The second-order valence-corrected chi connectivity index (χ2v) is 4.57. The summed E-state index contributed by atoms with van der Waals surface area (Å²) in [5.74, 6) is 0.308. The predicted octanol–water partition coefficient (Wildman–Crippen LogP) is 0.997. The molecule has 1 aromatic rings. The van der Waals surface area contributed by atoms with E-state index in [0.717, 1.165) is 11.8 Å². The molecule has 1 rings (SSSR count). The second kappa shape index (κ2) is 4.95. The summed E-state index contributed by atoms with van der Waals surface area (Å²) < 4.78 is 26.3. The SMILES string of the molecule is CS(=O)(=O)Oc1ccc(/C=C/CN)cc1. The minimum Gasteiger partial charge on any atom is -0.383 e. The van der Waals surface area contributed by atoms with E-state index < -0.39 is 10.1 Å². The maximum Gasteiger partial charge on any atom is 0.306 e. The third-order valence-electron chi connectivity index (χ3n) is 1.57. The first-order valence-corrected chi connectivity index (χ1v) is 6.19. The van der Waals surface area contributed by atoms with Gasteiger partial charge in [0.1, 0.15) is 5.75 Å². The lowest BCUT2D eigenvalue weighted by Crippen LogP contribution is -2.05. The van der Waals surface area contributed by atoms with Gasteiger partial charge in [0, 0.05) is 6.54 Å². The Morgan fingerprint density at radius 3 is 2.40 bits per heavy atom. The highest BCUT2D eigenvalue weighted by atomic mass is 32.2. The van der Waals surface area contributed by atoms with E-state index in [4.69, 9.17) is 5.73 Å². The molecule has 0 unspecified atom stereocenters. The lowest BCUT2D eigenvalue weighted by Gasteiger charge is -2.02. The van der Waals surface area contributed by atoms with Crippen molar-refractivity contribution in [1.29, 1.82) is 0 Å². The smallest absolute Gasteiger partial charge is 0.306 e. The fourth-order valence-electron chi connectivity index (χ4n) is 1.01. The molecular weight excluding hydrogens is 214 g/mol. The van der Waals surface area contributed by atoms with Gasteiger partial charge in [-0.3, -0.25) is 0 Å². The molecule has 82 valence electrons. The van der Waals surface area contributed by atoms with Crippen molar-refractivity contribution in [2.24, 2.45) is 5.73 Å².